The SMILES string of the molecule is Cc1cc(C#CC(=O)[C@H]2CC[C@H]3[C@@H]4CC=C5C[C@@H](O)CC[C@]5(C)[C@H]4CC[C@]23C)ccc1F. The third-order valence-electron chi connectivity index (χ3n) is 9.88. The molecule has 0 unspecified atom stereocenters. The lowest BCUT2D eigenvalue weighted by atomic mass is 9.47. The first kappa shape index (κ1) is 21.9. The molecule has 170 valence electrons. The van der Waals surface area contributed by atoms with Gasteiger partial charge in [0.25, 0.3) is 0 Å². The van der Waals surface area contributed by atoms with Gasteiger partial charge < -0.3 is 5.11 Å². The second-order valence-electron chi connectivity index (χ2n) is 11.4. The highest BCUT2D eigenvalue weighted by Crippen LogP contribution is 2.66. The van der Waals surface area contributed by atoms with Crippen molar-refractivity contribution in [2.45, 2.75) is 78.2 Å². The Morgan fingerprint density at radius 3 is 2.72 bits per heavy atom. The lowest BCUT2D eigenvalue weighted by molar-refractivity contribution is -0.124. The molecule has 5 rings (SSSR count). The molecule has 1 aromatic carbocycles. The zero-order valence-electron chi connectivity index (χ0n) is 19.6. The van der Waals surface area contributed by atoms with Gasteiger partial charge in [0, 0.05) is 11.5 Å². The van der Waals surface area contributed by atoms with Crippen molar-refractivity contribution in [2.75, 3.05) is 0 Å². The number of carbonyl (C=O) groups excluding carboxylic acids is 1. The fourth-order valence-corrected chi connectivity index (χ4v) is 8.02. The van der Waals surface area contributed by atoms with Crippen LogP contribution in [0.4, 0.5) is 4.39 Å². The number of halogens is 1. The van der Waals surface area contributed by atoms with Crippen molar-refractivity contribution in [3.63, 3.8) is 0 Å². The minimum atomic E-state index is -0.240. The second-order valence-corrected chi connectivity index (χ2v) is 11.4. The van der Waals surface area contributed by atoms with Crippen LogP contribution in [0.5, 0.6) is 0 Å². The highest BCUT2D eigenvalue weighted by Gasteiger charge is 2.59. The number of hydrogen-bond acceptors (Lipinski definition) is 2. The van der Waals surface area contributed by atoms with Gasteiger partial charge >= 0.3 is 0 Å². The Labute approximate surface area is 191 Å². The first-order chi connectivity index (χ1) is 15.2. The molecule has 0 spiro atoms. The molecule has 3 heteroatoms. The summed E-state index contributed by atoms with van der Waals surface area (Å²) in [4.78, 5) is 13.2. The monoisotopic (exact) mass is 434 g/mol. The van der Waals surface area contributed by atoms with Crippen molar-refractivity contribution in [1.82, 2.24) is 0 Å². The van der Waals surface area contributed by atoms with Gasteiger partial charge in [-0.2, -0.15) is 0 Å². The first-order valence-electron chi connectivity index (χ1n) is 12.4. The molecule has 0 heterocycles. The maximum Gasteiger partial charge on any atom is 0.209 e. The Hall–Kier alpha value is -1.92. The summed E-state index contributed by atoms with van der Waals surface area (Å²) in [5.74, 6) is 7.66. The lowest BCUT2D eigenvalue weighted by Crippen LogP contribution is -2.51. The summed E-state index contributed by atoms with van der Waals surface area (Å²) in [6, 6.07) is 4.79. The van der Waals surface area contributed by atoms with E-state index in [0.717, 1.165) is 44.9 Å². The van der Waals surface area contributed by atoms with Crippen molar-refractivity contribution in [3.05, 3.63) is 46.8 Å². The fourth-order valence-electron chi connectivity index (χ4n) is 8.02. The zero-order valence-corrected chi connectivity index (χ0v) is 19.6. The normalized spacial score (nSPS) is 40.3. The molecular weight excluding hydrogens is 399 g/mol. The second kappa shape index (κ2) is 7.84. The molecule has 0 amide bonds. The first-order valence-corrected chi connectivity index (χ1v) is 12.4. The van der Waals surface area contributed by atoms with Crippen molar-refractivity contribution in [2.24, 2.45) is 34.5 Å². The molecule has 0 radical (unpaired) electrons. The van der Waals surface area contributed by atoms with E-state index in [2.05, 4.69) is 31.8 Å². The van der Waals surface area contributed by atoms with Gasteiger partial charge in [-0.3, -0.25) is 4.79 Å². The molecule has 3 fully saturated rings. The molecule has 3 saturated carbocycles. The van der Waals surface area contributed by atoms with Gasteiger partial charge in [-0.25, -0.2) is 4.39 Å². The van der Waals surface area contributed by atoms with Gasteiger partial charge in [0.2, 0.25) is 5.78 Å². The van der Waals surface area contributed by atoms with E-state index in [-0.39, 0.29) is 34.5 Å². The van der Waals surface area contributed by atoms with E-state index < -0.39 is 0 Å². The Kier molecular flexibility index (Phi) is 5.37. The number of benzene rings is 1. The zero-order chi connectivity index (χ0) is 22.7. The summed E-state index contributed by atoms with van der Waals surface area (Å²) < 4.78 is 13.5. The molecule has 7 atom stereocenters. The number of hydrogen-bond donors (Lipinski definition) is 1. The van der Waals surface area contributed by atoms with Crippen LogP contribution in [-0.4, -0.2) is 17.0 Å². The standard InChI is InChI=1S/C29H35FO2/c1-18-16-19(4-10-26(18)30)5-11-27(32)25-9-8-23-22-7-6-20-17-21(31)12-14-28(20,2)24(22)13-15-29(23,25)3/h4,6,10,16,21-25,31H,7-9,12-15,17H2,1-3H3/t21-,22-,23-,24-,25+,28-,29-/m0/s1. The molecule has 0 bridgehead atoms. The van der Waals surface area contributed by atoms with E-state index in [1.807, 2.05) is 0 Å². The largest absolute Gasteiger partial charge is 0.393 e. The van der Waals surface area contributed by atoms with Crippen LogP contribution in [0.2, 0.25) is 0 Å². The van der Waals surface area contributed by atoms with Crippen LogP contribution in [0.15, 0.2) is 29.8 Å². The molecule has 0 aliphatic heterocycles. The number of aliphatic hydroxyl groups excluding tert-OH is 1. The number of carbonyl (C=O) groups is 1. The highest BCUT2D eigenvalue weighted by atomic mass is 19.1. The van der Waals surface area contributed by atoms with Crippen LogP contribution < -0.4 is 0 Å². The van der Waals surface area contributed by atoms with E-state index in [9.17, 15) is 14.3 Å². The number of Topliss-reactive ketones (excluding diaryl/α,β-unsaturated/α-hetero) is 1. The Morgan fingerprint density at radius 2 is 1.94 bits per heavy atom. The van der Waals surface area contributed by atoms with Crippen LogP contribution in [0.1, 0.15) is 76.3 Å². The van der Waals surface area contributed by atoms with Crippen LogP contribution in [0, 0.1) is 59.1 Å². The average Bonchev–Trinajstić information content (AvgIpc) is 3.12. The fraction of sp³-hybridized carbons (Fsp3) is 0.621. The Bertz CT molecular complexity index is 1030. The van der Waals surface area contributed by atoms with E-state index in [1.54, 1.807) is 19.1 Å². The number of aryl methyl sites for hydroxylation is 1. The average molecular weight is 435 g/mol. The van der Waals surface area contributed by atoms with Crippen molar-refractivity contribution >= 4 is 5.78 Å². The van der Waals surface area contributed by atoms with Gasteiger partial charge in [0.1, 0.15) is 5.82 Å². The van der Waals surface area contributed by atoms with E-state index in [1.165, 1.54) is 18.1 Å². The minimum absolute atomic E-state index is 0.00820. The molecule has 0 saturated heterocycles. The van der Waals surface area contributed by atoms with Gasteiger partial charge in [0.15, 0.2) is 0 Å². The van der Waals surface area contributed by atoms with E-state index >= 15 is 0 Å². The summed E-state index contributed by atoms with van der Waals surface area (Å²) in [5.41, 5.74) is 3.02. The molecule has 1 N–H and O–H groups in total. The predicted molar refractivity (Wildman–Crippen MR) is 124 cm³/mol. The number of rotatable bonds is 1. The van der Waals surface area contributed by atoms with E-state index in [4.69, 9.17) is 0 Å². The molecule has 32 heavy (non-hydrogen) atoms. The molecule has 4 aliphatic rings. The maximum absolute atomic E-state index is 13.5. The third kappa shape index (κ3) is 3.38. The van der Waals surface area contributed by atoms with Crippen LogP contribution >= 0.6 is 0 Å². The molecular formula is C29H35FO2. The number of ketones is 1. The quantitative estimate of drug-likeness (QED) is 0.435. The minimum Gasteiger partial charge on any atom is -0.393 e. The van der Waals surface area contributed by atoms with Crippen molar-refractivity contribution in [3.8, 4) is 11.8 Å². The summed E-state index contributed by atoms with van der Waals surface area (Å²) in [7, 11) is 0. The number of fused-ring (bicyclic) bond motifs is 5. The topological polar surface area (TPSA) is 37.3 Å². The van der Waals surface area contributed by atoms with E-state index in [0.29, 0.717) is 28.9 Å². The predicted octanol–water partition coefficient (Wildman–Crippen LogP) is 5.99. The summed E-state index contributed by atoms with van der Waals surface area (Å²) >= 11 is 0. The molecule has 1 aromatic rings. The van der Waals surface area contributed by atoms with Crippen LogP contribution in [0.25, 0.3) is 0 Å². The number of aliphatic hydroxyl groups is 1. The molecule has 0 aromatic heterocycles. The summed E-state index contributed by atoms with van der Waals surface area (Å²) in [6.07, 6.45) is 10.6. The summed E-state index contributed by atoms with van der Waals surface area (Å²) in [5, 5.41) is 10.2. The third-order valence-corrected chi connectivity index (χ3v) is 9.88. The van der Waals surface area contributed by atoms with Gasteiger partial charge in [0.05, 0.1) is 6.10 Å². The Balaban J connectivity index is 1.37. The molecule has 2 nitrogen and oxygen atoms in total. The lowest BCUT2D eigenvalue weighted by Gasteiger charge is -2.57. The van der Waals surface area contributed by atoms with Crippen molar-refractivity contribution in [1.29, 1.82) is 0 Å². The highest BCUT2D eigenvalue weighted by molar-refractivity contribution is 5.98. The van der Waals surface area contributed by atoms with Gasteiger partial charge in [-0.05, 0) is 117 Å². The summed E-state index contributed by atoms with van der Waals surface area (Å²) in [6.45, 7) is 6.51. The maximum atomic E-state index is 13.5. The molecule has 4 aliphatic carbocycles. The van der Waals surface area contributed by atoms with Crippen molar-refractivity contribution < 1.29 is 14.3 Å². The van der Waals surface area contributed by atoms with Gasteiger partial charge in [-0.15, -0.1) is 0 Å². The van der Waals surface area contributed by atoms with Crippen LogP contribution in [-0.2, 0) is 4.79 Å². The number of allylic oxidation sites excluding steroid dienone is 1. The van der Waals surface area contributed by atoms with Crippen LogP contribution in [0.3, 0.4) is 0 Å². The Morgan fingerprint density at radius 1 is 1.12 bits per heavy atom. The van der Waals surface area contributed by atoms with Gasteiger partial charge in [-0.1, -0.05) is 31.4 Å². The smallest absolute Gasteiger partial charge is 0.209 e.